The van der Waals surface area contributed by atoms with E-state index < -0.39 is 10.0 Å². The van der Waals surface area contributed by atoms with Crippen molar-refractivity contribution in [3.8, 4) is 5.75 Å². The zero-order valence-corrected chi connectivity index (χ0v) is 14.8. The first kappa shape index (κ1) is 16.3. The van der Waals surface area contributed by atoms with E-state index in [0.29, 0.717) is 40.9 Å². The molecule has 0 bridgehead atoms. The maximum atomic E-state index is 13.4. The van der Waals surface area contributed by atoms with Gasteiger partial charge in [-0.15, -0.1) is 0 Å². The number of aryl methyl sites for hydroxylation is 1. The van der Waals surface area contributed by atoms with Gasteiger partial charge in [-0.1, -0.05) is 0 Å². The number of halogens is 2. The summed E-state index contributed by atoms with van der Waals surface area (Å²) in [6.07, 6.45) is 1.33. The Bertz CT molecular complexity index is 854. The van der Waals surface area contributed by atoms with E-state index >= 15 is 0 Å². The second kappa shape index (κ2) is 6.13. The monoisotopic (exact) mass is 399 g/mol. The third-order valence-electron chi connectivity index (χ3n) is 3.83. The summed E-state index contributed by atoms with van der Waals surface area (Å²) in [5.41, 5.74) is 1.26. The summed E-state index contributed by atoms with van der Waals surface area (Å²) in [4.78, 5) is 0.169. The number of rotatable bonds is 3. The van der Waals surface area contributed by atoms with Crippen molar-refractivity contribution in [2.75, 3.05) is 18.0 Å². The molecule has 3 rings (SSSR count). The van der Waals surface area contributed by atoms with Gasteiger partial charge in [-0.2, -0.15) is 0 Å². The fourth-order valence-electron chi connectivity index (χ4n) is 2.72. The van der Waals surface area contributed by atoms with E-state index in [-0.39, 0.29) is 10.7 Å². The molecule has 122 valence electrons. The summed E-state index contributed by atoms with van der Waals surface area (Å²) in [7, 11) is -2.19. The van der Waals surface area contributed by atoms with Gasteiger partial charge >= 0.3 is 0 Å². The Hall–Kier alpha value is -1.60. The highest BCUT2D eigenvalue weighted by molar-refractivity contribution is 9.10. The first-order chi connectivity index (χ1) is 10.9. The quantitative estimate of drug-likeness (QED) is 0.789. The van der Waals surface area contributed by atoms with Gasteiger partial charge in [0.15, 0.2) is 0 Å². The Morgan fingerprint density at radius 2 is 2.00 bits per heavy atom. The molecule has 7 heteroatoms. The average Bonchev–Trinajstić information content (AvgIpc) is 2.53. The molecule has 0 saturated heterocycles. The molecule has 1 aliphatic rings. The molecule has 0 spiro atoms. The standard InChI is InChI=1S/C16H15BrFNO3S/c1-22-16-7-5-13(10-14(16)17)23(20,21)19-8-2-3-11-9-12(18)4-6-15(11)19/h4-7,9-10H,2-3,8H2,1H3. The van der Waals surface area contributed by atoms with Gasteiger partial charge in [0.2, 0.25) is 0 Å². The van der Waals surface area contributed by atoms with Crippen molar-refractivity contribution in [2.45, 2.75) is 17.7 Å². The molecule has 0 fully saturated rings. The minimum absolute atomic E-state index is 0.169. The number of sulfonamides is 1. The molecule has 1 heterocycles. The van der Waals surface area contributed by atoms with Crippen LogP contribution >= 0.6 is 15.9 Å². The van der Waals surface area contributed by atoms with Crippen LogP contribution in [0, 0.1) is 5.82 Å². The second-order valence-corrected chi connectivity index (χ2v) is 7.97. The number of hydrogen-bond donors (Lipinski definition) is 0. The molecule has 0 amide bonds. The van der Waals surface area contributed by atoms with Gasteiger partial charge in [0.05, 0.1) is 22.2 Å². The van der Waals surface area contributed by atoms with Crippen molar-refractivity contribution in [3.63, 3.8) is 0 Å². The van der Waals surface area contributed by atoms with E-state index in [2.05, 4.69) is 15.9 Å². The lowest BCUT2D eigenvalue weighted by Crippen LogP contribution is -2.35. The first-order valence-corrected chi connectivity index (χ1v) is 9.31. The average molecular weight is 400 g/mol. The molecule has 2 aromatic carbocycles. The molecule has 0 saturated carbocycles. The summed E-state index contributed by atoms with van der Waals surface area (Å²) in [6, 6.07) is 8.85. The third-order valence-corrected chi connectivity index (χ3v) is 6.26. The van der Waals surface area contributed by atoms with Crippen molar-refractivity contribution < 1.29 is 17.5 Å². The molecule has 0 aliphatic carbocycles. The molecule has 0 N–H and O–H groups in total. The number of ether oxygens (including phenoxy) is 1. The van der Waals surface area contributed by atoms with Crippen molar-refractivity contribution in [1.82, 2.24) is 0 Å². The predicted molar refractivity (Wildman–Crippen MR) is 89.9 cm³/mol. The number of hydrogen-bond acceptors (Lipinski definition) is 3. The Morgan fingerprint density at radius 3 is 2.70 bits per heavy atom. The third kappa shape index (κ3) is 2.95. The van der Waals surface area contributed by atoms with E-state index in [4.69, 9.17) is 4.74 Å². The molecular weight excluding hydrogens is 385 g/mol. The highest BCUT2D eigenvalue weighted by Crippen LogP contribution is 2.34. The van der Waals surface area contributed by atoms with Crippen LogP contribution in [0.2, 0.25) is 0 Å². The Labute approximate surface area is 143 Å². The van der Waals surface area contributed by atoms with Gasteiger partial charge in [-0.25, -0.2) is 12.8 Å². The van der Waals surface area contributed by atoms with Crippen LogP contribution in [-0.4, -0.2) is 22.1 Å². The van der Waals surface area contributed by atoms with E-state index in [1.807, 2.05) is 0 Å². The topological polar surface area (TPSA) is 46.6 Å². The maximum absolute atomic E-state index is 13.4. The van der Waals surface area contributed by atoms with Crippen molar-refractivity contribution in [2.24, 2.45) is 0 Å². The lowest BCUT2D eigenvalue weighted by atomic mass is 10.0. The molecular formula is C16H15BrFNO3S. The van der Waals surface area contributed by atoms with Gasteiger partial charge in [0.25, 0.3) is 10.0 Å². The van der Waals surface area contributed by atoms with Crippen molar-refractivity contribution in [3.05, 3.63) is 52.3 Å². The maximum Gasteiger partial charge on any atom is 0.264 e. The van der Waals surface area contributed by atoms with E-state index in [9.17, 15) is 12.8 Å². The zero-order chi connectivity index (χ0) is 16.6. The lowest BCUT2D eigenvalue weighted by molar-refractivity contribution is 0.411. The first-order valence-electron chi connectivity index (χ1n) is 7.08. The molecule has 0 unspecified atom stereocenters. The SMILES string of the molecule is COc1ccc(S(=O)(=O)N2CCCc3cc(F)ccc32)cc1Br. The highest BCUT2D eigenvalue weighted by Gasteiger charge is 2.29. The number of fused-ring (bicyclic) bond motifs is 1. The Morgan fingerprint density at radius 1 is 1.22 bits per heavy atom. The summed E-state index contributed by atoms with van der Waals surface area (Å²) in [5.74, 6) is 0.209. The van der Waals surface area contributed by atoms with Crippen LogP contribution in [0.15, 0.2) is 45.8 Å². The zero-order valence-electron chi connectivity index (χ0n) is 12.4. The predicted octanol–water partition coefficient (Wildman–Crippen LogP) is 3.74. The van der Waals surface area contributed by atoms with Crippen LogP contribution in [0.3, 0.4) is 0 Å². The molecule has 4 nitrogen and oxygen atoms in total. The number of benzene rings is 2. The van der Waals surface area contributed by atoms with Crippen LogP contribution < -0.4 is 9.04 Å². The molecule has 2 aromatic rings. The molecule has 0 atom stereocenters. The Kier molecular flexibility index (Phi) is 4.33. The fourth-order valence-corrected chi connectivity index (χ4v) is 4.98. The van der Waals surface area contributed by atoms with E-state index in [1.165, 1.54) is 41.7 Å². The number of nitrogens with zero attached hydrogens (tertiary/aromatic N) is 1. The van der Waals surface area contributed by atoms with Gasteiger partial charge in [-0.3, -0.25) is 4.31 Å². The minimum Gasteiger partial charge on any atom is -0.496 e. The van der Waals surface area contributed by atoms with Gasteiger partial charge in [0.1, 0.15) is 11.6 Å². The van der Waals surface area contributed by atoms with Crippen LogP contribution in [0.4, 0.5) is 10.1 Å². The lowest BCUT2D eigenvalue weighted by Gasteiger charge is -2.30. The molecule has 0 aromatic heterocycles. The highest BCUT2D eigenvalue weighted by atomic mass is 79.9. The van der Waals surface area contributed by atoms with Crippen LogP contribution in [0.5, 0.6) is 5.75 Å². The number of anilines is 1. The van der Waals surface area contributed by atoms with Crippen molar-refractivity contribution >= 4 is 31.6 Å². The summed E-state index contributed by atoms with van der Waals surface area (Å²) >= 11 is 3.31. The molecule has 0 radical (unpaired) electrons. The summed E-state index contributed by atoms with van der Waals surface area (Å²) in [6.45, 7) is 0.380. The normalized spacial score (nSPS) is 14.5. The van der Waals surface area contributed by atoms with Crippen molar-refractivity contribution in [1.29, 1.82) is 0 Å². The van der Waals surface area contributed by atoms with Gasteiger partial charge < -0.3 is 4.74 Å². The van der Waals surface area contributed by atoms with Gasteiger partial charge in [0, 0.05) is 6.54 Å². The molecule has 1 aliphatic heterocycles. The van der Waals surface area contributed by atoms with Crippen LogP contribution in [-0.2, 0) is 16.4 Å². The smallest absolute Gasteiger partial charge is 0.264 e. The Balaban J connectivity index is 2.06. The van der Waals surface area contributed by atoms with E-state index in [0.717, 1.165) is 0 Å². The summed E-state index contributed by atoms with van der Waals surface area (Å²) < 4.78 is 46.3. The summed E-state index contributed by atoms with van der Waals surface area (Å²) in [5, 5.41) is 0. The van der Waals surface area contributed by atoms with E-state index in [1.54, 1.807) is 6.07 Å². The second-order valence-electron chi connectivity index (χ2n) is 5.25. The molecule has 23 heavy (non-hydrogen) atoms. The number of methoxy groups -OCH3 is 1. The largest absolute Gasteiger partial charge is 0.496 e. The van der Waals surface area contributed by atoms with Gasteiger partial charge in [-0.05, 0) is 70.7 Å². The van der Waals surface area contributed by atoms with Crippen LogP contribution in [0.25, 0.3) is 0 Å². The fraction of sp³-hybridized carbons (Fsp3) is 0.250. The van der Waals surface area contributed by atoms with Crippen LogP contribution in [0.1, 0.15) is 12.0 Å². The minimum atomic E-state index is -3.71.